The molecule has 2 aromatic heterocycles. The molecule has 1 aliphatic heterocycles. The maximum Gasteiger partial charge on any atom is 0.229 e. The second-order valence-corrected chi connectivity index (χ2v) is 4.82. The van der Waals surface area contributed by atoms with Gasteiger partial charge in [-0.2, -0.15) is 5.10 Å². The molecule has 1 amide bonds. The average Bonchev–Trinajstić information content (AvgIpc) is 2.82. The number of aryl methyl sites for hydroxylation is 1. The number of amides is 1. The van der Waals surface area contributed by atoms with Crippen molar-refractivity contribution < 1.29 is 9.18 Å². The van der Waals surface area contributed by atoms with Crippen LogP contribution in [0.15, 0.2) is 18.5 Å². The van der Waals surface area contributed by atoms with Gasteiger partial charge in [0.05, 0.1) is 18.4 Å². The Morgan fingerprint density at radius 3 is 2.90 bits per heavy atom. The van der Waals surface area contributed by atoms with Crippen LogP contribution in [-0.4, -0.2) is 27.7 Å². The third-order valence-corrected chi connectivity index (χ3v) is 3.58. The molecular formula is C14H15FN4O. The van der Waals surface area contributed by atoms with Gasteiger partial charge in [-0.05, 0) is 12.5 Å². The Morgan fingerprint density at radius 2 is 2.20 bits per heavy atom. The number of fused-ring (bicyclic) bond motifs is 1. The predicted molar refractivity (Wildman–Crippen MR) is 72.8 cm³/mol. The molecule has 104 valence electrons. The summed E-state index contributed by atoms with van der Waals surface area (Å²) in [6.07, 6.45) is 3.92. The smallest absolute Gasteiger partial charge is 0.229 e. The van der Waals surface area contributed by atoms with Gasteiger partial charge in [-0.15, -0.1) is 0 Å². The predicted octanol–water partition coefficient (Wildman–Crippen LogP) is 2.01. The zero-order valence-electron chi connectivity index (χ0n) is 11.4. The van der Waals surface area contributed by atoms with Crippen LogP contribution in [0.2, 0.25) is 0 Å². The molecule has 0 N–H and O–H groups in total. The van der Waals surface area contributed by atoms with E-state index in [9.17, 15) is 9.18 Å². The first-order valence-electron chi connectivity index (χ1n) is 6.59. The van der Waals surface area contributed by atoms with Gasteiger partial charge in [-0.25, -0.2) is 9.07 Å². The number of aromatic nitrogens is 3. The summed E-state index contributed by atoms with van der Waals surface area (Å²) in [7, 11) is 1.75. The highest BCUT2D eigenvalue weighted by atomic mass is 19.1. The topological polar surface area (TPSA) is 51.0 Å². The van der Waals surface area contributed by atoms with E-state index < -0.39 is 0 Å². The average molecular weight is 274 g/mol. The van der Waals surface area contributed by atoms with E-state index >= 15 is 0 Å². The lowest BCUT2D eigenvalue weighted by Gasteiger charge is -2.24. The molecule has 0 saturated heterocycles. The van der Waals surface area contributed by atoms with Crippen molar-refractivity contribution in [3.63, 3.8) is 0 Å². The van der Waals surface area contributed by atoms with Crippen molar-refractivity contribution >= 4 is 11.7 Å². The Balaban J connectivity index is 2.18. The standard InChI is InChI=1S/C14H15FN4O/c1-3-11-13(9-6-10(15)8-16-7-9)17-19-5-4-12(20)18(2)14(11)19/h6-8H,3-5H2,1-2H3. The summed E-state index contributed by atoms with van der Waals surface area (Å²) >= 11 is 0. The van der Waals surface area contributed by atoms with E-state index in [4.69, 9.17) is 0 Å². The summed E-state index contributed by atoms with van der Waals surface area (Å²) in [6.45, 7) is 2.56. The molecule has 3 rings (SSSR count). The van der Waals surface area contributed by atoms with E-state index in [2.05, 4.69) is 10.1 Å². The van der Waals surface area contributed by atoms with Crippen molar-refractivity contribution in [2.75, 3.05) is 11.9 Å². The lowest BCUT2D eigenvalue weighted by atomic mass is 10.1. The van der Waals surface area contributed by atoms with E-state index in [0.29, 0.717) is 24.2 Å². The Morgan fingerprint density at radius 1 is 1.40 bits per heavy atom. The molecule has 5 nitrogen and oxygen atoms in total. The van der Waals surface area contributed by atoms with Crippen molar-refractivity contribution in [3.05, 3.63) is 29.8 Å². The summed E-state index contributed by atoms with van der Waals surface area (Å²) in [5.41, 5.74) is 2.30. The number of halogens is 1. The van der Waals surface area contributed by atoms with Gasteiger partial charge in [-0.3, -0.25) is 14.7 Å². The molecular weight excluding hydrogens is 259 g/mol. The van der Waals surface area contributed by atoms with Crippen molar-refractivity contribution in [2.24, 2.45) is 0 Å². The van der Waals surface area contributed by atoms with Gasteiger partial charge in [0.25, 0.3) is 0 Å². The summed E-state index contributed by atoms with van der Waals surface area (Å²) in [6, 6.07) is 1.42. The first kappa shape index (κ1) is 12.8. The lowest BCUT2D eigenvalue weighted by Crippen LogP contribution is -2.34. The van der Waals surface area contributed by atoms with Gasteiger partial charge < -0.3 is 0 Å². The molecule has 0 saturated carbocycles. The number of pyridine rings is 1. The highest BCUT2D eigenvalue weighted by Crippen LogP contribution is 2.33. The van der Waals surface area contributed by atoms with Gasteiger partial charge >= 0.3 is 0 Å². The molecule has 1 aliphatic rings. The molecule has 20 heavy (non-hydrogen) atoms. The molecule has 6 heteroatoms. The van der Waals surface area contributed by atoms with Crippen LogP contribution in [0, 0.1) is 5.82 Å². The molecule has 0 fully saturated rings. The van der Waals surface area contributed by atoms with Gasteiger partial charge in [0, 0.05) is 30.8 Å². The highest BCUT2D eigenvalue weighted by molar-refractivity contribution is 5.95. The summed E-state index contributed by atoms with van der Waals surface area (Å²) in [5, 5.41) is 4.53. The normalized spacial score (nSPS) is 14.6. The largest absolute Gasteiger partial charge is 0.300 e. The zero-order valence-corrected chi connectivity index (χ0v) is 11.4. The van der Waals surface area contributed by atoms with Gasteiger partial charge in [0.2, 0.25) is 5.91 Å². The number of anilines is 1. The molecule has 2 aromatic rings. The number of carbonyl (C=O) groups excluding carboxylic acids is 1. The minimum atomic E-state index is -0.389. The van der Waals surface area contributed by atoms with Crippen LogP contribution in [0.5, 0.6) is 0 Å². The first-order chi connectivity index (χ1) is 9.61. The summed E-state index contributed by atoms with van der Waals surface area (Å²) in [5.74, 6) is 0.499. The van der Waals surface area contributed by atoms with Crippen LogP contribution in [-0.2, 0) is 17.8 Å². The van der Waals surface area contributed by atoms with E-state index in [1.165, 1.54) is 12.3 Å². The van der Waals surface area contributed by atoms with E-state index in [1.807, 2.05) is 11.6 Å². The molecule has 0 bridgehead atoms. The molecule has 0 radical (unpaired) electrons. The lowest BCUT2D eigenvalue weighted by molar-refractivity contribution is -0.119. The fourth-order valence-corrected chi connectivity index (χ4v) is 2.61. The first-order valence-corrected chi connectivity index (χ1v) is 6.59. The number of rotatable bonds is 2. The molecule has 3 heterocycles. The minimum absolute atomic E-state index is 0.0796. The van der Waals surface area contributed by atoms with Crippen LogP contribution in [0.25, 0.3) is 11.3 Å². The van der Waals surface area contributed by atoms with Gasteiger partial charge in [0.15, 0.2) is 0 Å². The van der Waals surface area contributed by atoms with Gasteiger partial charge in [0.1, 0.15) is 11.6 Å². The number of carbonyl (C=O) groups is 1. The second kappa shape index (κ2) is 4.70. The summed E-state index contributed by atoms with van der Waals surface area (Å²) in [4.78, 5) is 17.3. The van der Waals surface area contributed by atoms with Crippen molar-refractivity contribution in [1.29, 1.82) is 0 Å². The quantitative estimate of drug-likeness (QED) is 0.841. The number of nitrogens with zero attached hydrogens (tertiary/aromatic N) is 4. The SMILES string of the molecule is CCc1c(-c2cncc(F)c2)nn2c1N(C)C(=O)CC2. The third-order valence-electron chi connectivity index (χ3n) is 3.58. The van der Waals surface area contributed by atoms with Crippen LogP contribution >= 0.6 is 0 Å². The van der Waals surface area contributed by atoms with Crippen LogP contribution in [0.3, 0.4) is 0 Å². The number of hydrogen-bond acceptors (Lipinski definition) is 3. The molecule has 0 spiro atoms. The maximum absolute atomic E-state index is 13.3. The van der Waals surface area contributed by atoms with Crippen molar-refractivity contribution in [2.45, 2.75) is 26.3 Å². The minimum Gasteiger partial charge on any atom is -0.300 e. The maximum atomic E-state index is 13.3. The molecule has 0 unspecified atom stereocenters. The monoisotopic (exact) mass is 274 g/mol. The van der Waals surface area contributed by atoms with Crippen molar-refractivity contribution in [3.8, 4) is 11.3 Å². The Labute approximate surface area is 116 Å². The second-order valence-electron chi connectivity index (χ2n) is 4.82. The third kappa shape index (κ3) is 1.88. The van der Waals surface area contributed by atoms with Crippen LogP contribution in [0.1, 0.15) is 18.9 Å². The van der Waals surface area contributed by atoms with Crippen molar-refractivity contribution in [1.82, 2.24) is 14.8 Å². The molecule has 0 aliphatic carbocycles. The van der Waals surface area contributed by atoms with Gasteiger partial charge in [-0.1, -0.05) is 6.92 Å². The van der Waals surface area contributed by atoms with E-state index in [0.717, 1.165) is 17.8 Å². The van der Waals surface area contributed by atoms with E-state index in [-0.39, 0.29) is 11.7 Å². The fraction of sp³-hybridized carbons (Fsp3) is 0.357. The molecule has 0 aromatic carbocycles. The Hall–Kier alpha value is -2.24. The Kier molecular flexibility index (Phi) is 3.00. The number of hydrogen-bond donors (Lipinski definition) is 0. The summed E-state index contributed by atoms with van der Waals surface area (Å²) < 4.78 is 15.2. The molecule has 0 atom stereocenters. The zero-order chi connectivity index (χ0) is 14.3. The highest BCUT2D eigenvalue weighted by Gasteiger charge is 2.28. The van der Waals surface area contributed by atoms with Crippen LogP contribution < -0.4 is 4.90 Å². The van der Waals surface area contributed by atoms with E-state index in [1.54, 1.807) is 18.1 Å². The fourth-order valence-electron chi connectivity index (χ4n) is 2.61. The van der Waals surface area contributed by atoms with Crippen LogP contribution in [0.4, 0.5) is 10.2 Å². The Bertz CT molecular complexity index is 680.